The molecule has 0 aliphatic carbocycles. The number of amides is 1. The molecule has 4 heteroatoms. The van der Waals surface area contributed by atoms with Gasteiger partial charge in [0.1, 0.15) is 0 Å². The van der Waals surface area contributed by atoms with Gasteiger partial charge in [0.05, 0.1) is 6.54 Å². The molecule has 1 aliphatic heterocycles. The van der Waals surface area contributed by atoms with Crippen molar-refractivity contribution in [3.8, 4) is 0 Å². The van der Waals surface area contributed by atoms with Gasteiger partial charge in [0.15, 0.2) is 0 Å². The minimum absolute atomic E-state index is 0.190. The Labute approximate surface area is 121 Å². The molecule has 0 aromatic heterocycles. The summed E-state index contributed by atoms with van der Waals surface area (Å²) in [6.45, 7) is 10.3. The van der Waals surface area contributed by atoms with Crippen molar-refractivity contribution in [3.63, 3.8) is 0 Å². The molecule has 0 bridgehead atoms. The Morgan fingerprint density at radius 1 is 1.45 bits per heavy atom. The second-order valence-corrected chi connectivity index (χ2v) is 5.45. The van der Waals surface area contributed by atoms with Gasteiger partial charge >= 0.3 is 0 Å². The zero-order chi connectivity index (χ0) is 14.5. The SMILES string of the molecule is CCN(C(=O)CN1CCNCC1C)c1ccccc1C. The molecule has 0 spiro atoms. The maximum Gasteiger partial charge on any atom is 0.241 e. The first-order chi connectivity index (χ1) is 9.63. The first-order valence-corrected chi connectivity index (χ1v) is 7.44. The summed E-state index contributed by atoms with van der Waals surface area (Å²) in [6, 6.07) is 8.50. The lowest BCUT2D eigenvalue weighted by Gasteiger charge is -2.35. The molecule has 1 saturated heterocycles. The van der Waals surface area contributed by atoms with Crippen LogP contribution in [-0.4, -0.2) is 49.6 Å². The molecule has 1 amide bonds. The molecule has 20 heavy (non-hydrogen) atoms. The lowest BCUT2D eigenvalue weighted by Crippen LogP contribution is -2.53. The first kappa shape index (κ1) is 15.0. The van der Waals surface area contributed by atoms with E-state index in [-0.39, 0.29) is 5.91 Å². The fourth-order valence-corrected chi connectivity index (χ4v) is 2.72. The normalized spacial score (nSPS) is 19.9. The number of anilines is 1. The highest BCUT2D eigenvalue weighted by atomic mass is 16.2. The molecule has 1 atom stereocenters. The summed E-state index contributed by atoms with van der Waals surface area (Å²) in [5, 5.41) is 3.36. The number of benzene rings is 1. The molecular weight excluding hydrogens is 250 g/mol. The number of piperazine rings is 1. The van der Waals surface area contributed by atoms with Crippen LogP contribution in [0.3, 0.4) is 0 Å². The molecule has 110 valence electrons. The third-order valence-electron chi connectivity index (χ3n) is 4.00. The molecular formula is C16H25N3O. The molecule has 1 N–H and O–H groups in total. The van der Waals surface area contributed by atoms with Gasteiger partial charge in [-0.05, 0) is 32.4 Å². The van der Waals surface area contributed by atoms with Crippen LogP contribution >= 0.6 is 0 Å². The molecule has 1 heterocycles. The van der Waals surface area contributed by atoms with Gasteiger partial charge in [-0.2, -0.15) is 0 Å². The summed E-state index contributed by atoms with van der Waals surface area (Å²) < 4.78 is 0. The average molecular weight is 275 g/mol. The lowest BCUT2D eigenvalue weighted by atomic mass is 10.1. The number of carbonyl (C=O) groups excluding carboxylic acids is 1. The summed E-state index contributed by atoms with van der Waals surface area (Å²) >= 11 is 0. The van der Waals surface area contributed by atoms with Crippen LogP contribution in [0.5, 0.6) is 0 Å². The maximum absolute atomic E-state index is 12.6. The predicted octanol–water partition coefficient (Wildman–Crippen LogP) is 1.64. The molecule has 1 aliphatic rings. The van der Waals surface area contributed by atoms with E-state index in [9.17, 15) is 4.79 Å². The Kier molecular flexibility index (Phi) is 5.15. The quantitative estimate of drug-likeness (QED) is 0.907. The molecule has 0 radical (unpaired) electrons. The summed E-state index contributed by atoms with van der Waals surface area (Å²) in [4.78, 5) is 16.8. The van der Waals surface area contributed by atoms with Crippen molar-refractivity contribution < 1.29 is 4.79 Å². The molecule has 1 fully saturated rings. The molecule has 4 nitrogen and oxygen atoms in total. The number of carbonyl (C=O) groups is 1. The number of para-hydroxylation sites is 1. The van der Waals surface area contributed by atoms with Gasteiger partial charge in [0, 0.05) is 37.9 Å². The minimum atomic E-state index is 0.190. The van der Waals surface area contributed by atoms with Gasteiger partial charge in [0.25, 0.3) is 0 Å². The fraction of sp³-hybridized carbons (Fsp3) is 0.562. The van der Waals surface area contributed by atoms with Crippen LogP contribution in [0.25, 0.3) is 0 Å². The van der Waals surface area contributed by atoms with E-state index < -0.39 is 0 Å². The monoisotopic (exact) mass is 275 g/mol. The summed E-state index contributed by atoms with van der Waals surface area (Å²) in [5.74, 6) is 0.190. The number of nitrogens with zero attached hydrogens (tertiary/aromatic N) is 2. The number of likely N-dealkylation sites (N-methyl/N-ethyl adjacent to an activating group) is 1. The number of rotatable bonds is 4. The number of nitrogens with one attached hydrogen (secondary N) is 1. The minimum Gasteiger partial charge on any atom is -0.314 e. The second-order valence-electron chi connectivity index (χ2n) is 5.45. The first-order valence-electron chi connectivity index (χ1n) is 7.44. The largest absolute Gasteiger partial charge is 0.314 e. The highest BCUT2D eigenvalue weighted by molar-refractivity contribution is 5.95. The van der Waals surface area contributed by atoms with Gasteiger partial charge in [0.2, 0.25) is 5.91 Å². The topological polar surface area (TPSA) is 35.6 Å². The van der Waals surface area contributed by atoms with E-state index in [4.69, 9.17) is 0 Å². The molecule has 1 aromatic rings. The van der Waals surface area contributed by atoms with Gasteiger partial charge in [-0.3, -0.25) is 9.69 Å². The lowest BCUT2D eigenvalue weighted by molar-refractivity contribution is -0.120. The fourth-order valence-electron chi connectivity index (χ4n) is 2.72. The molecule has 2 rings (SSSR count). The van der Waals surface area contributed by atoms with E-state index in [1.165, 1.54) is 0 Å². The van der Waals surface area contributed by atoms with Crippen molar-refractivity contribution in [2.75, 3.05) is 37.6 Å². The number of hydrogen-bond acceptors (Lipinski definition) is 3. The van der Waals surface area contributed by atoms with E-state index in [1.54, 1.807) is 0 Å². The van der Waals surface area contributed by atoms with Crippen molar-refractivity contribution in [1.82, 2.24) is 10.2 Å². The zero-order valence-electron chi connectivity index (χ0n) is 12.7. The molecule has 1 unspecified atom stereocenters. The molecule has 0 saturated carbocycles. The van der Waals surface area contributed by atoms with E-state index in [0.29, 0.717) is 19.1 Å². The van der Waals surface area contributed by atoms with Crippen LogP contribution in [0.1, 0.15) is 19.4 Å². The smallest absolute Gasteiger partial charge is 0.241 e. The van der Waals surface area contributed by atoms with E-state index in [1.807, 2.05) is 30.0 Å². The summed E-state index contributed by atoms with van der Waals surface area (Å²) in [6.07, 6.45) is 0. The van der Waals surface area contributed by atoms with E-state index in [2.05, 4.69) is 30.1 Å². The van der Waals surface area contributed by atoms with Crippen LogP contribution in [0, 0.1) is 6.92 Å². The van der Waals surface area contributed by atoms with Crippen molar-refractivity contribution in [2.24, 2.45) is 0 Å². The Hall–Kier alpha value is -1.39. The standard InChI is InChI=1S/C16H25N3O/c1-4-19(15-8-6-5-7-13(15)2)16(20)12-18-10-9-17-11-14(18)3/h5-8,14,17H,4,9-12H2,1-3H3. The third kappa shape index (κ3) is 3.38. The van der Waals surface area contributed by atoms with Crippen LogP contribution in [-0.2, 0) is 4.79 Å². The summed E-state index contributed by atoms with van der Waals surface area (Å²) in [7, 11) is 0. The average Bonchev–Trinajstić information content (AvgIpc) is 2.44. The van der Waals surface area contributed by atoms with Gasteiger partial charge in [-0.1, -0.05) is 18.2 Å². The van der Waals surface area contributed by atoms with Gasteiger partial charge in [-0.25, -0.2) is 0 Å². The van der Waals surface area contributed by atoms with Gasteiger partial charge < -0.3 is 10.2 Å². The predicted molar refractivity (Wildman–Crippen MR) is 83.1 cm³/mol. The van der Waals surface area contributed by atoms with Crippen molar-refractivity contribution in [1.29, 1.82) is 0 Å². The number of aryl methyl sites for hydroxylation is 1. The van der Waals surface area contributed by atoms with Crippen LogP contribution in [0.2, 0.25) is 0 Å². The molecule has 1 aromatic carbocycles. The Morgan fingerprint density at radius 3 is 2.85 bits per heavy atom. The second kappa shape index (κ2) is 6.86. The highest BCUT2D eigenvalue weighted by Gasteiger charge is 2.23. The van der Waals surface area contributed by atoms with Crippen LogP contribution < -0.4 is 10.2 Å². The Balaban J connectivity index is 2.08. The Bertz CT molecular complexity index is 461. The van der Waals surface area contributed by atoms with E-state index >= 15 is 0 Å². The summed E-state index contributed by atoms with van der Waals surface area (Å²) in [5.41, 5.74) is 2.18. The zero-order valence-corrected chi connectivity index (χ0v) is 12.7. The third-order valence-corrected chi connectivity index (χ3v) is 4.00. The Morgan fingerprint density at radius 2 is 2.20 bits per heavy atom. The van der Waals surface area contributed by atoms with Crippen LogP contribution in [0.4, 0.5) is 5.69 Å². The van der Waals surface area contributed by atoms with Crippen LogP contribution in [0.15, 0.2) is 24.3 Å². The van der Waals surface area contributed by atoms with Crippen molar-refractivity contribution in [3.05, 3.63) is 29.8 Å². The van der Waals surface area contributed by atoms with Crippen molar-refractivity contribution >= 4 is 11.6 Å². The van der Waals surface area contributed by atoms with E-state index in [0.717, 1.165) is 30.9 Å². The number of hydrogen-bond donors (Lipinski definition) is 1. The maximum atomic E-state index is 12.6. The van der Waals surface area contributed by atoms with Crippen molar-refractivity contribution in [2.45, 2.75) is 26.8 Å². The highest BCUT2D eigenvalue weighted by Crippen LogP contribution is 2.19. The van der Waals surface area contributed by atoms with Gasteiger partial charge in [-0.15, -0.1) is 0 Å².